The lowest BCUT2D eigenvalue weighted by molar-refractivity contribution is -0.137. The summed E-state index contributed by atoms with van der Waals surface area (Å²) in [5.41, 5.74) is 0. The molecule has 2 unspecified atom stereocenters. The molecular weight excluding hydrogens is 248 g/mol. The Hall–Kier alpha value is -0.910. The summed E-state index contributed by atoms with van der Waals surface area (Å²) in [6.07, 6.45) is 2.18. The number of nitrogens with zero attached hydrogens (tertiary/aromatic N) is 1. The molecule has 1 aromatic rings. The highest BCUT2D eigenvalue weighted by atomic mass is 32.1. The minimum Gasteiger partial charge on any atom is -0.378 e. The number of carbonyl (C=O) groups excluding carboxylic acids is 1. The molecule has 2 saturated heterocycles. The molecule has 2 aliphatic rings. The first-order valence-corrected chi connectivity index (χ1v) is 7.39. The fourth-order valence-electron chi connectivity index (χ4n) is 2.73. The Morgan fingerprint density at radius 2 is 2.50 bits per heavy atom. The molecule has 0 aromatic carbocycles. The van der Waals surface area contributed by atoms with E-state index in [1.54, 1.807) is 11.3 Å². The van der Waals surface area contributed by atoms with Gasteiger partial charge in [0.05, 0.1) is 19.3 Å². The van der Waals surface area contributed by atoms with Gasteiger partial charge >= 0.3 is 0 Å². The fourth-order valence-corrected chi connectivity index (χ4v) is 3.60. The second-order valence-corrected chi connectivity index (χ2v) is 5.77. The highest BCUT2D eigenvalue weighted by Gasteiger charge is 2.34. The van der Waals surface area contributed by atoms with Crippen molar-refractivity contribution in [3.63, 3.8) is 0 Å². The average Bonchev–Trinajstić information content (AvgIpc) is 3.09. The van der Waals surface area contributed by atoms with Crippen LogP contribution < -0.4 is 5.32 Å². The fraction of sp³-hybridized carbons (Fsp3) is 0.615. The van der Waals surface area contributed by atoms with Crippen molar-refractivity contribution in [3.05, 3.63) is 22.4 Å². The van der Waals surface area contributed by atoms with Gasteiger partial charge in [0.15, 0.2) is 0 Å². The quantitative estimate of drug-likeness (QED) is 0.880. The zero-order valence-corrected chi connectivity index (χ0v) is 11.1. The molecule has 1 aromatic heterocycles. The van der Waals surface area contributed by atoms with E-state index >= 15 is 0 Å². The molecule has 5 heteroatoms. The minimum atomic E-state index is -0.153. The molecule has 0 aliphatic carbocycles. The third kappa shape index (κ3) is 2.30. The summed E-state index contributed by atoms with van der Waals surface area (Å²) in [7, 11) is 0. The zero-order valence-electron chi connectivity index (χ0n) is 10.3. The van der Waals surface area contributed by atoms with Crippen molar-refractivity contribution in [2.24, 2.45) is 0 Å². The van der Waals surface area contributed by atoms with Gasteiger partial charge in [-0.25, -0.2) is 0 Å². The van der Waals surface area contributed by atoms with E-state index in [2.05, 4.69) is 22.8 Å². The molecular formula is C13H18N2O2S. The first-order chi connectivity index (χ1) is 8.86. The topological polar surface area (TPSA) is 41.6 Å². The van der Waals surface area contributed by atoms with Crippen LogP contribution in [0.15, 0.2) is 17.5 Å². The summed E-state index contributed by atoms with van der Waals surface area (Å²) in [5.74, 6) is 0.200. The van der Waals surface area contributed by atoms with Crippen LogP contribution in [0.25, 0.3) is 0 Å². The van der Waals surface area contributed by atoms with Crippen molar-refractivity contribution < 1.29 is 9.53 Å². The van der Waals surface area contributed by atoms with Gasteiger partial charge in [-0.2, -0.15) is 0 Å². The van der Waals surface area contributed by atoms with Gasteiger partial charge in [-0.3, -0.25) is 4.79 Å². The van der Waals surface area contributed by atoms with Gasteiger partial charge in [-0.1, -0.05) is 6.07 Å². The lowest BCUT2D eigenvalue weighted by Crippen LogP contribution is -2.52. The molecule has 18 heavy (non-hydrogen) atoms. The van der Waals surface area contributed by atoms with E-state index in [9.17, 15) is 4.79 Å². The highest BCUT2D eigenvalue weighted by molar-refractivity contribution is 7.10. The first-order valence-electron chi connectivity index (χ1n) is 6.51. The number of rotatable bonds is 2. The van der Waals surface area contributed by atoms with Gasteiger partial charge in [0, 0.05) is 18.0 Å². The van der Waals surface area contributed by atoms with E-state index in [0.717, 1.165) is 25.9 Å². The zero-order chi connectivity index (χ0) is 12.4. The number of hydrogen-bond acceptors (Lipinski definition) is 4. The Balaban J connectivity index is 1.72. The summed E-state index contributed by atoms with van der Waals surface area (Å²) in [6.45, 7) is 2.86. The van der Waals surface area contributed by atoms with Crippen LogP contribution >= 0.6 is 11.3 Å². The lowest BCUT2D eigenvalue weighted by Gasteiger charge is -2.30. The SMILES string of the molecule is O=C(C1COCCN1)N1CCCC1c1cccs1. The van der Waals surface area contributed by atoms with Crippen LogP contribution in [0.5, 0.6) is 0 Å². The average molecular weight is 266 g/mol. The third-order valence-corrected chi connectivity index (χ3v) is 4.60. The van der Waals surface area contributed by atoms with Crippen molar-refractivity contribution >= 4 is 17.2 Å². The van der Waals surface area contributed by atoms with Gasteiger partial charge in [-0.05, 0) is 24.3 Å². The van der Waals surface area contributed by atoms with E-state index in [4.69, 9.17) is 4.74 Å². The first kappa shape index (κ1) is 12.1. The molecule has 2 aliphatic heterocycles. The molecule has 2 fully saturated rings. The van der Waals surface area contributed by atoms with Gasteiger partial charge in [0.1, 0.15) is 6.04 Å². The van der Waals surface area contributed by atoms with Gasteiger partial charge in [0.25, 0.3) is 0 Å². The van der Waals surface area contributed by atoms with E-state index in [-0.39, 0.29) is 18.0 Å². The van der Waals surface area contributed by atoms with E-state index < -0.39 is 0 Å². The number of thiophene rings is 1. The number of hydrogen-bond donors (Lipinski definition) is 1. The number of ether oxygens (including phenoxy) is 1. The maximum Gasteiger partial charge on any atom is 0.242 e. The molecule has 0 radical (unpaired) electrons. The molecule has 2 atom stereocenters. The Morgan fingerprint density at radius 3 is 3.22 bits per heavy atom. The van der Waals surface area contributed by atoms with Crippen molar-refractivity contribution in [3.8, 4) is 0 Å². The van der Waals surface area contributed by atoms with Crippen molar-refractivity contribution in [1.82, 2.24) is 10.2 Å². The summed E-state index contributed by atoms with van der Waals surface area (Å²) in [4.78, 5) is 15.8. The summed E-state index contributed by atoms with van der Waals surface area (Å²) in [5, 5.41) is 5.33. The molecule has 0 spiro atoms. The second kappa shape index (κ2) is 5.38. The van der Waals surface area contributed by atoms with E-state index in [0.29, 0.717) is 13.2 Å². The van der Waals surface area contributed by atoms with Crippen LogP contribution in [0.2, 0.25) is 0 Å². The predicted molar refractivity (Wildman–Crippen MR) is 70.6 cm³/mol. The van der Waals surface area contributed by atoms with Gasteiger partial charge < -0.3 is 15.0 Å². The normalized spacial score (nSPS) is 28.6. The molecule has 0 saturated carbocycles. The van der Waals surface area contributed by atoms with Crippen molar-refractivity contribution in [1.29, 1.82) is 0 Å². The second-order valence-electron chi connectivity index (χ2n) is 4.79. The van der Waals surface area contributed by atoms with Crippen molar-refractivity contribution in [2.75, 3.05) is 26.3 Å². The predicted octanol–water partition coefficient (Wildman–Crippen LogP) is 1.40. The van der Waals surface area contributed by atoms with Crippen LogP contribution in [0.4, 0.5) is 0 Å². The minimum absolute atomic E-state index is 0.153. The molecule has 4 nitrogen and oxygen atoms in total. The number of likely N-dealkylation sites (tertiary alicyclic amines) is 1. The standard InChI is InChI=1S/C13H18N2O2S/c16-13(10-9-17-7-5-14-10)15-6-1-3-11(15)12-4-2-8-18-12/h2,4,8,10-11,14H,1,3,5-7,9H2. The maximum absolute atomic E-state index is 12.5. The molecule has 98 valence electrons. The van der Waals surface area contributed by atoms with Crippen LogP contribution in [0.3, 0.4) is 0 Å². The summed E-state index contributed by atoms with van der Waals surface area (Å²) >= 11 is 1.74. The lowest BCUT2D eigenvalue weighted by atomic mass is 10.1. The van der Waals surface area contributed by atoms with E-state index in [1.165, 1.54) is 4.88 Å². The molecule has 3 heterocycles. The monoisotopic (exact) mass is 266 g/mol. The molecule has 1 amide bonds. The largest absolute Gasteiger partial charge is 0.378 e. The smallest absolute Gasteiger partial charge is 0.242 e. The number of amides is 1. The van der Waals surface area contributed by atoms with Gasteiger partial charge in [-0.15, -0.1) is 11.3 Å². The van der Waals surface area contributed by atoms with E-state index in [1.807, 2.05) is 4.90 Å². The third-order valence-electron chi connectivity index (χ3n) is 3.63. The maximum atomic E-state index is 12.5. The Kier molecular flexibility index (Phi) is 3.63. The van der Waals surface area contributed by atoms with Crippen LogP contribution in [0.1, 0.15) is 23.8 Å². The Bertz CT molecular complexity index is 401. The molecule has 1 N–H and O–H groups in total. The summed E-state index contributed by atoms with van der Waals surface area (Å²) < 4.78 is 5.38. The van der Waals surface area contributed by atoms with Crippen LogP contribution in [-0.2, 0) is 9.53 Å². The molecule has 3 rings (SSSR count). The number of nitrogens with one attached hydrogen (secondary N) is 1. The Morgan fingerprint density at radius 1 is 1.56 bits per heavy atom. The van der Waals surface area contributed by atoms with Gasteiger partial charge in [0.2, 0.25) is 5.91 Å². The Labute approximate surface area is 111 Å². The number of morpholine rings is 1. The molecule has 0 bridgehead atoms. The van der Waals surface area contributed by atoms with Crippen LogP contribution in [0, 0.1) is 0 Å². The van der Waals surface area contributed by atoms with Crippen molar-refractivity contribution in [2.45, 2.75) is 24.9 Å². The number of carbonyl (C=O) groups is 1. The highest BCUT2D eigenvalue weighted by Crippen LogP contribution is 2.34. The van der Waals surface area contributed by atoms with Crippen LogP contribution in [-0.4, -0.2) is 43.2 Å². The summed E-state index contributed by atoms with van der Waals surface area (Å²) in [6, 6.07) is 4.31.